The quantitative estimate of drug-likeness (QED) is 0.836. The Labute approximate surface area is 105 Å². The highest BCUT2D eigenvalue weighted by Gasteiger charge is 2.25. The minimum atomic E-state index is -0.444. The third kappa shape index (κ3) is 1.80. The first kappa shape index (κ1) is 11.0. The van der Waals surface area contributed by atoms with Gasteiger partial charge >= 0.3 is 0 Å². The van der Waals surface area contributed by atoms with Crippen molar-refractivity contribution < 1.29 is 14.6 Å². The highest BCUT2D eigenvalue weighted by atomic mass is 16.7. The van der Waals surface area contributed by atoms with Crippen LogP contribution in [-0.2, 0) is 11.3 Å². The summed E-state index contributed by atoms with van der Waals surface area (Å²) in [5, 5.41) is 9.72. The van der Waals surface area contributed by atoms with Crippen LogP contribution < -0.4 is 4.74 Å². The van der Waals surface area contributed by atoms with E-state index in [1.54, 1.807) is 0 Å². The van der Waals surface area contributed by atoms with Crippen LogP contribution in [0.4, 0.5) is 0 Å². The molecule has 3 rings (SSSR count). The van der Waals surface area contributed by atoms with Gasteiger partial charge in [0.15, 0.2) is 5.75 Å². The summed E-state index contributed by atoms with van der Waals surface area (Å²) in [6.07, 6.45) is 0.977. The molecule has 4 nitrogen and oxygen atoms in total. The maximum Gasteiger partial charge on any atom is 0.227 e. The lowest BCUT2D eigenvalue weighted by Gasteiger charge is -2.27. The number of fused-ring (bicyclic) bond motifs is 1. The van der Waals surface area contributed by atoms with Gasteiger partial charge in [0, 0.05) is 5.56 Å². The Hall–Kier alpha value is -2.07. The van der Waals surface area contributed by atoms with Gasteiger partial charge in [0.1, 0.15) is 5.75 Å². The van der Waals surface area contributed by atoms with Crippen molar-refractivity contribution in [1.82, 2.24) is 4.98 Å². The molecule has 2 heterocycles. The molecule has 1 aliphatic rings. The molecule has 2 aromatic rings. The first-order valence-corrected chi connectivity index (χ1v) is 5.76. The molecule has 1 aliphatic heterocycles. The van der Waals surface area contributed by atoms with E-state index in [0.717, 1.165) is 11.3 Å². The molecule has 18 heavy (non-hydrogen) atoms. The standard InChI is InChI=1S/C14H13NO3/c1-9-13-11(12(16)7-15-9)8-17-14(18-13)10-5-3-2-4-6-10/h2-7,14,16H,8H2,1H3. The molecule has 0 spiro atoms. The molecule has 1 unspecified atom stereocenters. The average molecular weight is 243 g/mol. The van der Waals surface area contributed by atoms with Crippen LogP contribution >= 0.6 is 0 Å². The van der Waals surface area contributed by atoms with Crippen molar-refractivity contribution in [2.75, 3.05) is 0 Å². The molecule has 1 aromatic heterocycles. The first-order valence-electron chi connectivity index (χ1n) is 5.76. The van der Waals surface area contributed by atoms with Crippen molar-refractivity contribution in [1.29, 1.82) is 0 Å². The molecule has 0 fully saturated rings. The number of rotatable bonds is 1. The summed E-state index contributed by atoms with van der Waals surface area (Å²) in [5.41, 5.74) is 2.37. The van der Waals surface area contributed by atoms with Crippen molar-refractivity contribution in [2.45, 2.75) is 19.8 Å². The molecule has 0 radical (unpaired) electrons. The lowest BCUT2D eigenvalue weighted by atomic mass is 10.1. The molecular weight excluding hydrogens is 230 g/mol. The minimum Gasteiger partial charge on any atom is -0.506 e. The Balaban J connectivity index is 1.96. The number of nitrogens with zero attached hydrogens (tertiary/aromatic N) is 1. The van der Waals surface area contributed by atoms with E-state index in [0.29, 0.717) is 17.9 Å². The fourth-order valence-electron chi connectivity index (χ4n) is 2.00. The molecular formula is C14H13NO3. The Morgan fingerprint density at radius 2 is 2.06 bits per heavy atom. The number of aryl methyl sites for hydroxylation is 1. The maximum absolute atomic E-state index is 9.72. The number of benzene rings is 1. The van der Waals surface area contributed by atoms with Crippen molar-refractivity contribution in [3.63, 3.8) is 0 Å². The highest BCUT2D eigenvalue weighted by molar-refractivity contribution is 5.45. The zero-order valence-electron chi connectivity index (χ0n) is 9.96. The summed E-state index contributed by atoms with van der Waals surface area (Å²) in [6, 6.07) is 9.71. The van der Waals surface area contributed by atoms with Gasteiger partial charge in [-0.05, 0) is 6.92 Å². The molecule has 0 saturated carbocycles. The Bertz CT molecular complexity index is 569. The van der Waals surface area contributed by atoms with Crippen molar-refractivity contribution in [3.05, 3.63) is 53.3 Å². The molecule has 0 saturated heterocycles. The monoisotopic (exact) mass is 243 g/mol. The first-order chi connectivity index (χ1) is 8.75. The predicted octanol–water partition coefficient (Wildman–Crippen LogP) is 2.70. The average Bonchev–Trinajstić information content (AvgIpc) is 2.44. The second-order valence-corrected chi connectivity index (χ2v) is 4.21. The van der Waals surface area contributed by atoms with E-state index in [-0.39, 0.29) is 5.75 Å². The van der Waals surface area contributed by atoms with Gasteiger partial charge in [-0.15, -0.1) is 0 Å². The molecule has 4 heteroatoms. The molecule has 1 N–H and O–H groups in total. The molecule has 0 amide bonds. The number of hydrogen-bond donors (Lipinski definition) is 1. The predicted molar refractivity (Wildman–Crippen MR) is 65.2 cm³/mol. The topological polar surface area (TPSA) is 51.6 Å². The van der Waals surface area contributed by atoms with Gasteiger partial charge in [0.05, 0.1) is 24.1 Å². The van der Waals surface area contributed by atoms with E-state index >= 15 is 0 Å². The molecule has 0 bridgehead atoms. The fraction of sp³-hybridized carbons (Fsp3) is 0.214. The van der Waals surface area contributed by atoms with E-state index < -0.39 is 6.29 Å². The van der Waals surface area contributed by atoms with Crippen LogP contribution in [0.5, 0.6) is 11.5 Å². The molecule has 0 aliphatic carbocycles. The zero-order valence-corrected chi connectivity index (χ0v) is 9.96. The van der Waals surface area contributed by atoms with Gasteiger partial charge in [-0.1, -0.05) is 30.3 Å². The smallest absolute Gasteiger partial charge is 0.227 e. The minimum absolute atomic E-state index is 0.113. The van der Waals surface area contributed by atoms with E-state index in [4.69, 9.17) is 9.47 Å². The SMILES string of the molecule is Cc1ncc(O)c2c1OC(c1ccccc1)OC2. The van der Waals surface area contributed by atoms with Gasteiger partial charge in [0.2, 0.25) is 6.29 Å². The van der Waals surface area contributed by atoms with Crippen molar-refractivity contribution in [2.24, 2.45) is 0 Å². The summed E-state index contributed by atoms with van der Waals surface area (Å²) < 4.78 is 11.4. The maximum atomic E-state index is 9.72. The normalized spacial score (nSPS) is 17.9. The van der Waals surface area contributed by atoms with Gasteiger partial charge in [-0.2, -0.15) is 0 Å². The van der Waals surface area contributed by atoms with E-state index in [1.165, 1.54) is 6.20 Å². The molecule has 1 aromatic carbocycles. The van der Waals surface area contributed by atoms with Crippen molar-refractivity contribution in [3.8, 4) is 11.5 Å². The number of hydrogen-bond acceptors (Lipinski definition) is 4. The van der Waals surface area contributed by atoms with Crippen LogP contribution in [0.15, 0.2) is 36.5 Å². The highest BCUT2D eigenvalue weighted by Crippen LogP contribution is 2.38. The van der Waals surface area contributed by atoms with E-state index in [1.807, 2.05) is 37.3 Å². The van der Waals surface area contributed by atoms with E-state index in [2.05, 4.69) is 4.98 Å². The Morgan fingerprint density at radius 1 is 1.28 bits per heavy atom. The molecule has 92 valence electrons. The summed E-state index contributed by atoms with van der Waals surface area (Å²) in [7, 11) is 0. The lowest BCUT2D eigenvalue weighted by molar-refractivity contribution is -0.112. The van der Waals surface area contributed by atoms with Crippen LogP contribution in [0.3, 0.4) is 0 Å². The van der Waals surface area contributed by atoms with Crippen molar-refractivity contribution >= 4 is 0 Å². The van der Waals surface area contributed by atoms with Crippen LogP contribution in [0.1, 0.15) is 23.1 Å². The summed E-state index contributed by atoms with van der Waals surface area (Å²) in [4.78, 5) is 4.09. The van der Waals surface area contributed by atoms with Crippen LogP contribution in [0.25, 0.3) is 0 Å². The zero-order chi connectivity index (χ0) is 12.5. The Morgan fingerprint density at radius 3 is 2.83 bits per heavy atom. The number of pyridine rings is 1. The van der Waals surface area contributed by atoms with Crippen LogP contribution in [-0.4, -0.2) is 10.1 Å². The second-order valence-electron chi connectivity index (χ2n) is 4.21. The van der Waals surface area contributed by atoms with Crippen LogP contribution in [0, 0.1) is 6.92 Å². The van der Waals surface area contributed by atoms with Gasteiger partial charge in [0.25, 0.3) is 0 Å². The fourth-order valence-corrected chi connectivity index (χ4v) is 2.00. The van der Waals surface area contributed by atoms with Gasteiger partial charge < -0.3 is 14.6 Å². The summed E-state index contributed by atoms with van der Waals surface area (Å²) in [5.74, 6) is 0.734. The van der Waals surface area contributed by atoms with E-state index in [9.17, 15) is 5.11 Å². The Kier molecular flexibility index (Phi) is 2.64. The third-order valence-corrected chi connectivity index (χ3v) is 2.97. The summed E-state index contributed by atoms with van der Waals surface area (Å²) >= 11 is 0. The van der Waals surface area contributed by atoms with Gasteiger partial charge in [-0.3, -0.25) is 4.98 Å². The number of aromatic hydroxyl groups is 1. The lowest BCUT2D eigenvalue weighted by Crippen LogP contribution is -2.19. The third-order valence-electron chi connectivity index (χ3n) is 2.97. The number of aromatic nitrogens is 1. The molecule has 1 atom stereocenters. The van der Waals surface area contributed by atoms with Crippen LogP contribution in [0.2, 0.25) is 0 Å². The second kappa shape index (κ2) is 4.31. The largest absolute Gasteiger partial charge is 0.506 e. The number of ether oxygens (including phenoxy) is 2. The summed E-state index contributed by atoms with van der Waals surface area (Å²) in [6.45, 7) is 2.18. The van der Waals surface area contributed by atoms with Gasteiger partial charge in [-0.25, -0.2) is 0 Å².